The molecule has 2 aromatic rings. The highest BCUT2D eigenvalue weighted by Crippen LogP contribution is 2.31. The van der Waals surface area contributed by atoms with Crippen LogP contribution in [0, 0.1) is 12.8 Å². The van der Waals surface area contributed by atoms with Gasteiger partial charge in [-0.1, -0.05) is 12.1 Å². The van der Waals surface area contributed by atoms with Crippen LogP contribution in [0.2, 0.25) is 0 Å². The van der Waals surface area contributed by atoms with Gasteiger partial charge in [0.25, 0.3) is 0 Å². The molecule has 0 unspecified atom stereocenters. The molecule has 1 atom stereocenters. The molecule has 0 spiro atoms. The molecule has 1 heterocycles. The predicted molar refractivity (Wildman–Crippen MR) is 151 cm³/mol. The SMILES string of the molecule is Cc1cc(N(C)C(=O)C2CCC(Oc3cccc(S(C)(=O)=O)c3)CC2)ccc1CN1CCN[C@@H](C)C1.Cl. The van der Waals surface area contributed by atoms with Gasteiger partial charge < -0.3 is 15.0 Å². The van der Waals surface area contributed by atoms with Gasteiger partial charge in [0, 0.05) is 57.1 Å². The van der Waals surface area contributed by atoms with Gasteiger partial charge >= 0.3 is 0 Å². The third-order valence-electron chi connectivity index (χ3n) is 7.45. The summed E-state index contributed by atoms with van der Waals surface area (Å²) in [4.78, 5) is 17.8. The fraction of sp³-hybridized carbons (Fsp3) is 0.536. The molecule has 4 rings (SSSR count). The number of halogens is 1. The van der Waals surface area contributed by atoms with Crippen molar-refractivity contribution in [3.8, 4) is 5.75 Å². The van der Waals surface area contributed by atoms with Gasteiger partial charge in [0.1, 0.15) is 5.75 Å². The first-order valence-corrected chi connectivity index (χ1v) is 14.8. The Kier molecular flexibility index (Phi) is 10.0. The van der Waals surface area contributed by atoms with E-state index in [1.54, 1.807) is 29.2 Å². The minimum atomic E-state index is -3.27. The number of rotatable bonds is 7. The molecule has 1 saturated carbocycles. The van der Waals surface area contributed by atoms with E-state index in [2.05, 4.69) is 42.3 Å². The van der Waals surface area contributed by atoms with E-state index in [4.69, 9.17) is 4.74 Å². The third-order valence-corrected chi connectivity index (χ3v) is 8.56. The number of carbonyl (C=O) groups is 1. The topological polar surface area (TPSA) is 79.0 Å². The Labute approximate surface area is 227 Å². The molecule has 0 radical (unpaired) electrons. The highest BCUT2D eigenvalue weighted by molar-refractivity contribution is 7.90. The van der Waals surface area contributed by atoms with Gasteiger partial charge in [0.2, 0.25) is 5.91 Å². The molecule has 1 aliphatic heterocycles. The third kappa shape index (κ3) is 7.69. The first kappa shape index (κ1) is 29.4. The van der Waals surface area contributed by atoms with Crippen LogP contribution in [0.4, 0.5) is 5.69 Å². The molecule has 9 heteroatoms. The number of carbonyl (C=O) groups excluding carboxylic acids is 1. The smallest absolute Gasteiger partial charge is 0.229 e. The zero-order chi connectivity index (χ0) is 25.9. The summed E-state index contributed by atoms with van der Waals surface area (Å²) in [5, 5.41) is 3.49. The maximum atomic E-state index is 13.3. The number of nitrogens with zero attached hydrogens (tertiary/aromatic N) is 2. The van der Waals surface area contributed by atoms with Crippen LogP contribution < -0.4 is 15.0 Å². The van der Waals surface area contributed by atoms with Crippen LogP contribution in [-0.2, 0) is 21.2 Å². The lowest BCUT2D eigenvalue weighted by Gasteiger charge is -2.32. The molecule has 1 aliphatic carbocycles. The van der Waals surface area contributed by atoms with E-state index in [9.17, 15) is 13.2 Å². The molecule has 1 amide bonds. The Morgan fingerprint density at radius 1 is 1.14 bits per heavy atom. The average molecular weight is 550 g/mol. The van der Waals surface area contributed by atoms with E-state index < -0.39 is 9.84 Å². The van der Waals surface area contributed by atoms with Crippen molar-refractivity contribution in [2.45, 2.75) is 63.1 Å². The first-order chi connectivity index (χ1) is 17.1. The van der Waals surface area contributed by atoms with Crippen molar-refractivity contribution in [2.24, 2.45) is 5.92 Å². The number of anilines is 1. The second-order valence-electron chi connectivity index (χ2n) is 10.4. The number of amides is 1. The Morgan fingerprint density at radius 2 is 1.86 bits per heavy atom. The van der Waals surface area contributed by atoms with Crippen LogP contribution in [0.5, 0.6) is 5.75 Å². The van der Waals surface area contributed by atoms with Crippen molar-refractivity contribution in [1.29, 1.82) is 0 Å². The van der Waals surface area contributed by atoms with E-state index >= 15 is 0 Å². The van der Waals surface area contributed by atoms with Gasteiger partial charge in [-0.05, 0) is 81.0 Å². The number of benzene rings is 2. The minimum Gasteiger partial charge on any atom is -0.490 e. The summed E-state index contributed by atoms with van der Waals surface area (Å²) in [6.45, 7) is 8.42. The van der Waals surface area contributed by atoms with Crippen molar-refractivity contribution in [2.75, 3.05) is 37.8 Å². The second-order valence-corrected chi connectivity index (χ2v) is 12.5. The number of hydrogen-bond donors (Lipinski definition) is 1. The van der Waals surface area contributed by atoms with Gasteiger partial charge in [0.05, 0.1) is 11.0 Å². The predicted octanol–water partition coefficient (Wildman–Crippen LogP) is 4.21. The second kappa shape index (κ2) is 12.6. The molecule has 37 heavy (non-hydrogen) atoms. The van der Waals surface area contributed by atoms with Crippen molar-refractivity contribution in [3.05, 3.63) is 53.6 Å². The lowest BCUT2D eigenvalue weighted by Crippen LogP contribution is -2.48. The first-order valence-electron chi connectivity index (χ1n) is 12.9. The molecular weight excluding hydrogens is 510 g/mol. The van der Waals surface area contributed by atoms with Crippen LogP contribution in [-0.4, -0.2) is 64.3 Å². The zero-order valence-corrected chi connectivity index (χ0v) is 23.9. The molecule has 2 aromatic carbocycles. The molecule has 0 aromatic heterocycles. The minimum absolute atomic E-state index is 0. The van der Waals surface area contributed by atoms with Gasteiger partial charge in [-0.2, -0.15) is 0 Å². The van der Waals surface area contributed by atoms with Crippen LogP contribution >= 0.6 is 12.4 Å². The summed E-state index contributed by atoms with van der Waals surface area (Å²) < 4.78 is 29.7. The van der Waals surface area contributed by atoms with Crippen LogP contribution in [0.3, 0.4) is 0 Å². The lowest BCUT2D eigenvalue weighted by molar-refractivity contribution is -0.123. The number of ether oxygens (including phenoxy) is 1. The molecule has 1 saturated heterocycles. The summed E-state index contributed by atoms with van der Waals surface area (Å²) >= 11 is 0. The number of piperazine rings is 1. The van der Waals surface area contributed by atoms with Crippen molar-refractivity contribution >= 4 is 33.8 Å². The highest BCUT2D eigenvalue weighted by Gasteiger charge is 2.30. The van der Waals surface area contributed by atoms with Crippen LogP contribution in [0.1, 0.15) is 43.7 Å². The summed E-state index contributed by atoms with van der Waals surface area (Å²) in [5.74, 6) is 0.686. The quantitative estimate of drug-likeness (QED) is 0.557. The van der Waals surface area contributed by atoms with E-state index in [0.29, 0.717) is 11.8 Å². The number of hydrogen-bond acceptors (Lipinski definition) is 6. The molecule has 2 fully saturated rings. The van der Waals surface area contributed by atoms with Gasteiger partial charge in [-0.15, -0.1) is 12.4 Å². The maximum absolute atomic E-state index is 13.3. The van der Waals surface area contributed by atoms with Gasteiger partial charge in [-0.3, -0.25) is 9.69 Å². The van der Waals surface area contributed by atoms with Crippen LogP contribution in [0.15, 0.2) is 47.4 Å². The summed E-state index contributed by atoms with van der Waals surface area (Å²) in [7, 11) is -1.40. The number of nitrogens with one attached hydrogen (secondary N) is 1. The fourth-order valence-corrected chi connectivity index (χ4v) is 5.92. The number of aryl methyl sites for hydroxylation is 1. The van der Waals surface area contributed by atoms with Crippen molar-refractivity contribution < 1.29 is 17.9 Å². The van der Waals surface area contributed by atoms with E-state index in [1.165, 1.54) is 17.4 Å². The molecule has 0 bridgehead atoms. The molecule has 7 nitrogen and oxygen atoms in total. The highest BCUT2D eigenvalue weighted by atomic mass is 35.5. The molecule has 204 valence electrons. The largest absolute Gasteiger partial charge is 0.490 e. The Hall–Kier alpha value is -2.13. The fourth-order valence-electron chi connectivity index (χ4n) is 5.26. The Bertz CT molecular complexity index is 1180. The summed E-state index contributed by atoms with van der Waals surface area (Å²) in [5.41, 5.74) is 3.46. The Morgan fingerprint density at radius 3 is 2.51 bits per heavy atom. The van der Waals surface area contributed by atoms with Crippen molar-refractivity contribution in [1.82, 2.24) is 10.2 Å². The zero-order valence-electron chi connectivity index (χ0n) is 22.3. The number of sulfone groups is 1. The van der Waals surface area contributed by atoms with Gasteiger partial charge in [-0.25, -0.2) is 8.42 Å². The van der Waals surface area contributed by atoms with Crippen LogP contribution in [0.25, 0.3) is 0 Å². The molecule has 1 N–H and O–H groups in total. The monoisotopic (exact) mass is 549 g/mol. The molecule has 2 aliphatic rings. The summed E-state index contributed by atoms with van der Waals surface area (Å²) in [6.07, 6.45) is 4.25. The van der Waals surface area contributed by atoms with E-state index in [0.717, 1.165) is 57.5 Å². The Balaban J connectivity index is 0.00000380. The lowest BCUT2D eigenvalue weighted by atomic mass is 9.86. The normalized spacial score (nSPS) is 22.6. The van der Waals surface area contributed by atoms with Gasteiger partial charge in [0.15, 0.2) is 9.84 Å². The van der Waals surface area contributed by atoms with Crippen molar-refractivity contribution in [3.63, 3.8) is 0 Å². The maximum Gasteiger partial charge on any atom is 0.229 e. The average Bonchev–Trinajstić information content (AvgIpc) is 2.84. The standard InChI is InChI=1S/C28H39N3O4S.ClH/c1-20-16-24(11-8-23(20)19-31-15-14-29-21(2)18-31)30(3)28(32)22-9-12-25(13-10-22)35-26-6-5-7-27(17-26)36(4,33)34;/h5-8,11,16-17,21-22,25,29H,9-10,12-15,18-19H2,1-4H3;1H/t21-,22?,25?;/m0./s1. The molecular formula is C28H40ClN3O4S. The summed E-state index contributed by atoms with van der Waals surface area (Å²) in [6, 6.07) is 13.5. The van der Waals surface area contributed by atoms with E-state index in [-0.39, 0.29) is 35.2 Å². The van der Waals surface area contributed by atoms with E-state index in [1.807, 2.05) is 7.05 Å².